The molecule has 0 aromatic carbocycles. The lowest BCUT2D eigenvalue weighted by molar-refractivity contribution is 0.103. The van der Waals surface area contributed by atoms with Crippen molar-refractivity contribution in [2.75, 3.05) is 0 Å². The number of aromatic nitrogens is 12. The fourth-order valence-electron chi connectivity index (χ4n) is 10.4. The Kier molecular flexibility index (Phi) is 10.1. The molecule has 8 heterocycles. The monoisotopic (exact) mass is 908 g/mol. The molecule has 2 N–H and O–H groups in total. The van der Waals surface area contributed by atoms with Crippen LogP contribution in [-0.4, -0.2) is 69.6 Å². The lowest BCUT2D eigenvalue weighted by atomic mass is 9.71. The van der Waals surface area contributed by atoms with Gasteiger partial charge in [-0.3, -0.25) is 9.59 Å². The Morgan fingerprint density at radius 2 is 0.984 bits per heavy atom. The maximum Gasteiger partial charge on any atom is 0.262 e. The molecule has 4 aliphatic rings. The van der Waals surface area contributed by atoms with Gasteiger partial charge in [0.1, 0.15) is 45.1 Å². The van der Waals surface area contributed by atoms with Crippen LogP contribution in [0, 0.1) is 0 Å². The first-order valence-electron chi connectivity index (χ1n) is 22.4. The standard InChI is InChI=1S/2C23H24ClFN6O/c2*1-23(25)7-4-14(5-8-23)31-21-17(11-26-31)22(32)29-20(28-21)16-3-2-15(16)18-12-30-9-6-13(24)10-19(30)27-18/h2*6,9-12,14-16H,2-5,7-8H2,1H3,(H,28,29,32)/t2*14?,15-,16+,23?/m10/s1. The SMILES string of the molecule is CC1(F)CCC(n2ncc3c(=O)[nH]c([C@@H]4CC[C@@H]4c4cn5ccc(Cl)cc5n4)nc32)CC1.CC1(F)CCC(n2ncc3c(=O)[nH]c([C@H]4CC[C@H]4c4cn5ccc(Cl)cc5n4)nc32)CC1. The molecule has 14 nitrogen and oxygen atoms in total. The number of rotatable bonds is 6. The smallest absolute Gasteiger partial charge is 0.262 e. The van der Waals surface area contributed by atoms with Crippen LogP contribution < -0.4 is 11.1 Å². The van der Waals surface area contributed by atoms with E-state index in [9.17, 15) is 18.4 Å². The van der Waals surface area contributed by atoms with Crippen LogP contribution in [0.2, 0.25) is 10.0 Å². The van der Waals surface area contributed by atoms with Gasteiger partial charge in [-0.1, -0.05) is 23.2 Å². The fraction of sp³-hybridized carbons (Fsp3) is 0.478. The van der Waals surface area contributed by atoms with E-state index in [1.807, 2.05) is 67.2 Å². The van der Waals surface area contributed by atoms with Crippen molar-refractivity contribution in [1.82, 2.24) is 58.3 Å². The van der Waals surface area contributed by atoms with Crippen molar-refractivity contribution < 1.29 is 8.78 Å². The lowest BCUT2D eigenvalue weighted by Crippen LogP contribution is -2.29. The van der Waals surface area contributed by atoms with Crippen molar-refractivity contribution in [3.05, 3.63) is 115 Å². The predicted octanol–water partition coefficient (Wildman–Crippen LogP) is 9.85. The zero-order chi connectivity index (χ0) is 44.1. The molecule has 4 saturated carbocycles. The van der Waals surface area contributed by atoms with Gasteiger partial charge < -0.3 is 18.8 Å². The number of aromatic amines is 2. The van der Waals surface area contributed by atoms with E-state index >= 15 is 0 Å². The Labute approximate surface area is 375 Å². The van der Waals surface area contributed by atoms with Crippen molar-refractivity contribution in [2.24, 2.45) is 0 Å². The third kappa shape index (κ3) is 7.49. The number of fused-ring (bicyclic) bond motifs is 4. The largest absolute Gasteiger partial charge is 0.310 e. The number of H-pyrrole nitrogens is 2. The molecule has 0 aliphatic heterocycles. The van der Waals surface area contributed by atoms with Gasteiger partial charge in [0.25, 0.3) is 11.1 Å². The van der Waals surface area contributed by atoms with Gasteiger partial charge in [0, 0.05) is 58.5 Å². The van der Waals surface area contributed by atoms with E-state index in [1.165, 1.54) is 0 Å². The molecule has 4 atom stereocenters. The number of hydrogen-bond acceptors (Lipinski definition) is 8. The third-order valence-electron chi connectivity index (χ3n) is 14.5. The Morgan fingerprint density at radius 3 is 1.36 bits per heavy atom. The van der Waals surface area contributed by atoms with Crippen LogP contribution in [-0.2, 0) is 0 Å². The Bertz CT molecular complexity index is 2970. The molecule has 64 heavy (non-hydrogen) atoms. The molecular formula is C46H48Cl2F2N12O2. The second-order valence-corrected chi connectivity index (χ2v) is 19.9. The number of pyridine rings is 2. The first-order valence-corrected chi connectivity index (χ1v) is 23.1. The summed E-state index contributed by atoms with van der Waals surface area (Å²) in [5.74, 6) is 1.93. The first kappa shape index (κ1) is 41.2. The minimum absolute atomic E-state index is 0.0684. The van der Waals surface area contributed by atoms with Crippen LogP contribution in [0.15, 0.2) is 71.0 Å². The zero-order valence-corrected chi connectivity index (χ0v) is 37.0. The second-order valence-electron chi connectivity index (χ2n) is 19.0. The maximum atomic E-state index is 14.3. The summed E-state index contributed by atoms with van der Waals surface area (Å²) >= 11 is 12.2. The van der Waals surface area contributed by atoms with Crippen LogP contribution in [0.5, 0.6) is 0 Å². The van der Waals surface area contributed by atoms with Gasteiger partial charge in [0.05, 0.1) is 35.9 Å². The van der Waals surface area contributed by atoms with Crippen molar-refractivity contribution >= 4 is 56.6 Å². The quantitative estimate of drug-likeness (QED) is 0.167. The molecule has 8 aromatic rings. The highest BCUT2D eigenvalue weighted by molar-refractivity contribution is 6.31. The molecule has 0 amide bonds. The zero-order valence-electron chi connectivity index (χ0n) is 35.5. The highest BCUT2D eigenvalue weighted by Crippen LogP contribution is 2.49. The van der Waals surface area contributed by atoms with Crippen molar-refractivity contribution in [2.45, 2.75) is 138 Å². The van der Waals surface area contributed by atoms with Crippen LogP contribution in [0.25, 0.3) is 33.4 Å². The molecule has 18 heteroatoms. The summed E-state index contributed by atoms with van der Waals surface area (Å²) in [5.41, 5.74) is 2.20. The minimum Gasteiger partial charge on any atom is -0.310 e. The molecule has 12 rings (SSSR count). The third-order valence-corrected chi connectivity index (χ3v) is 15.0. The van der Waals surface area contributed by atoms with Gasteiger partial charge in [-0.15, -0.1) is 0 Å². The Hall–Kier alpha value is -5.48. The van der Waals surface area contributed by atoms with E-state index in [1.54, 1.807) is 26.2 Å². The average Bonchev–Trinajstić information content (AvgIpc) is 4.03. The molecule has 8 aromatic heterocycles. The van der Waals surface area contributed by atoms with Crippen LogP contribution in [0.4, 0.5) is 8.78 Å². The van der Waals surface area contributed by atoms with Crippen molar-refractivity contribution in [3.8, 4) is 0 Å². The van der Waals surface area contributed by atoms with Gasteiger partial charge in [0.2, 0.25) is 0 Å². The van der Waals surface area contributed by atoms with Crippen LogP contribution >= 0.6 is 23.2 Å². The molecule has 4 fully saturated rings. The van der Waals surface area contributed by atoms with Gasteiger partial charge in [-0.2, -0.15) is 10.2 Å². The number of imidazole rings is 2. The van der Waals surface area contributed by atoms with Crippen LogP contribution in [0.1, 0.15) is 150 Å². The number of halogens is 4. The molecule has 0 spiro atoms. The van der Waals surface area contributed by atoms with Gasteiger partial charge in [-0.25, -0.2) is 38.1 Å². The number of alkyl halides is 2. The molecule has 0 radical (unpaired) electrons. The summed E-state index contributed by atoms with van der Waals surface area (Å²) in [6.07, 6.45) is 19.6. The van der Waals surface area contributed by atoms with Gasteiger partial charge >= 0.3 is 0 Å². The summed E-state index contributed by atoms with van der Waals surface area (Å²) < 4.78 is 36.2. The Balaban J connectivity index is 0.000000143. The number of nitrogens with zero attached hydrogens (tertiary/aromatic N) is 10. The minimum atomic E-state index is -1.12. The molecular weight excluding hydrogens is 861 g/mol. The lowest BCUT2D eigenvalue weighted by Gasteiger charge is -2.34. The number of hydrogen-bond donors (Lipinski definition) is 2. The highest BCUT2D eigenvalue weighted by atomic mass is 35.5. The molecule has 0 unspecified atom stereocenters. The fourth-order valence-corrected chi connectivity index (χ4v) is 10.7. The highest BCUT2D eigenvalue weighted by Gasteiger charge is 2.40. The summed E-state index contributed by atoms with van der Waals surface area (Å²) in [7, 11) is 0. The summed E-state index contributed by atoms with van der Waals surface area (Å²) in [5, 5.41) is 11.2. The first-order chi connectivity index (χ1) is 30.8. The van der Waals surface area contributed by atoms with Crippen molar-refractivity contribution in [3.63, 3.8) is 0 Å². The normalized spacial score (nSPS) is 28.3. The average molecular weight is 910 g/mol. The second kappa shape index (κ2) is 15.6. The van der Waals surface area contributed by atoms with Gasteiger partial charge in [0.15, 0.2) is 11.3 Å². The maximum absolute atomic E-state index is 14.3. The summed E-state index contributed by atoms with van der Waals surface area (Å²) in [6.45, 7) is 3.32. The van der Waals surface area contributed by atoms with E-state index in [0.29, 0.717) is 95.1 Å². The molecule has 0 bridgehead atoms. The topological polar surface area (TPSA) is 162 Å². The van der Waals surface area contributed by atoms with E-state index < -0.39 is 11.3 Å². The summed E-state index contributed by atoms with van der Waals surface area (Å²) in [6, 6.07) is 7.50. The number of nitrogens with one attached hydrogen (secondary N) is 2. The van der Waals surface area contributed by atoms with E-state index in [2.05, 4.69) is 20.2 Å². The van der Waals surface area contributed by atoms with E-state index in [0.717, 1.165) is 48.4 Å². The summed E-state index contributed by atoms with van der Waals surface area (Å²) in [4.78, 5) is 50.9. The predicted molar refractivity (Wildman–Crippen MR) is 240 cm³/mol. The molecule has 332 valence electrons. The van der Waals surface area contributed by atoms with E-state index in [4.69, 9.17) is 43.1 Å². The Morgan fingerprint density at radius 1 is 0.594 bits per heavy atom. The van der Waals surface area contributed by atoms with Gasteiger partial charge in [-0.05, 0) is 115 Å². The molecule has 0 saturated heterocycles. The molecule has 4 aliphatic carbocycles. The van der Waals surface area contributed by atoms with Crippen molar-refractivity contribution in [1.29, 1.82) is 0 Å². The van der Waals surface area contributed by atoms with E-state index in [-0.39, 0.29) is 46.9 Å². The van der Waals surface area contributed by atoms with Crippen LogP contribution in [0.3, 0.4) is 0 Å².